The summed E-state index contributed by atoms with van der Waals surface area (Å²) < 4.78 is 4.94. The van der Waals surface area contributed by atoms with Gasteiger partial charge in [-0.05, 0) is 50.8 Å². The molecule has 0 aliphatic heterocycles. The quantitative estimate of drug-likeness (QED) is 0.594. The molecule has 1 aromatic rings. The first-order valence-corrected chi connectivity index (χ1v) is 7.97. The third kappa shape index (κ3) is 3.76. The van der Waals surface area contributed by atoms with Gasteiger partial charge in [0.25, 0.3) is 0 Å². The zero-order chi connectivity index (χ0) is 16.9. The number of benzene rings is 1. The minimum atomic E-state index is -0.818. The number of esters is 1. The van der Waals surface area contributed by atoms with Crippen LogP contribution in [0, 0.1) is 5.41 Å². The first kappa shape index (κ1) is 17.1. The number of allylic oxidation sites excluding steroid dienone is 1. The molecule has 4 heteroatoms. The second kappa shape index (κ2) is 7.36. The highest BCUT2D eigenvalue weighted by Gasteiger charge is 2.44. The van der Waals surface area contributed by atoms with Gasteiger partial charge >= 0.3 is 5.97 Å². The number of ketones is 2. The number of carbonyl (C=O) groups excluding carboxylic acids is 3. The Morgan fingerprint density at radius 3 is 2.48 bits per heavy atom. The van der Waals surface area contributed by atoms with E-state index in [4.69, 9.17) is 4.74 Å². The molecule has 0 bridgehead atoms. The number of hydrogen-bond acceptors (Lipinski definition) is 4. The number of rotatable bonds is 6. The molecule has 122 valence electrons. The average Bonchev–Trinajstić information content (AvgIpc) is 2.90. The largest absolute Gasteiger partial charge is 0.462 e. The molecule has 1 atom stereocenters. The van der Waals surface area contributed by atoms with Crippen molar-refractivity contribution in [3.05, 3.63) is 41.5 Å². The van der Waals surface area contributed by atoms with E-state index >= 15 is 0 Å². The maximum Gasteiger partial charge on any atom is 0.338 e. The molecule has 0 aromatic heterocycles. The van der Waals surface area contributed by atoms with Crippen molar-refractivity contribution in [3.63, 3.8) is 0 Å². The summed E-state index contributed by atoms with van der Waals surface area (Å²) in [6, 6.07) is 7.05. The fourth-order valence-corrected chi connectivity index (χ4v) is 3.00. The summed E-state index contributed by atoms with van der Waals surface area (Å²) in [6.07, 6.45) is 6.14. The van der Waals surface area contributed by atoms with Crippen molar-refractivity contribution >= 4 is 23.6 Å². The Hall–Kier alpha value is -2.23. The lowest BCUT2D eigenvalue weighted by Gasteiger charge is -2.22. The van der Waals surface area contributed by atoms with Gasteiger partial charge < -0.3 is 4.74 Å². The van der Waals surface area contributed by atoms with E-state index in [1.54, 1.807) is 19.1 Å². The van der Waals surface area contributed by atoms with E-state index < -0.39 is 5.41 Å². The van der Waals surface area contributed by atoms with Crippen molar-refractivity contribution in [1.82, 2.24) is 0 Å². The molecular formula is C19H22O4. The fourth-order valence-electron chi connectivity index (χ4n) is 3.00. The van der Waals surface area contributed by atoms with Gasteiger partial charge in [0, 0.05) is 6.42 Å². The Bertz CT molecular complexity index is 627. The SMILES string of the molecule is CCOC(=O)c1ccc(/C=C/CC2(C(C)=O)CCCC2=O)cc1. The smallest absolute Gasteiger partial charge is 0.338 e. The van der Waals surface area contributed by atoms with Crippen LogP contribution in [0.1, 0.15) is 55.5 Å². The van der Waals surface area contributed by atoms with Crippen molar-refractivity contribution in [3.8, 4) is 0 Å². The standard InChI is InChI=1S/C19H22O4/c1-3-23-18(22)16-10-8-15(9-11-16)6-4-12-19(14(2)20)13-5-7-17(19)21/h4,6,8-11H,3,5,7,12-13H2,1-2H3/b6-4+. The minimum Gasteiger partial charge on any atom is -0.462 e. The molecule has 0 heterocycles. The number of Topliss-reactive ketones (excluding diaryl/α,β-unsaturated/α-hetero) is 2. The number of carbonyl (C=O) groups is 3. The molecular weight excluding hydrogens is 292 g/mol. The molecule has 0 spiro atoms. The Balaban J connectivity index is 2.04. The molecule has 1 aliphatic carbocycles. The Morgan fingerprint density at radius 2 is 1.96 bits per heavy atom. The van der Waals surface area contributed by atoms with E-state index in [2.05, 4.69) is 0 Å². The zero-order valence-electron chi connectivity index (χ0n) is 13.6. The topological polar surface area (TPSA) is 60.4 Å². The molecule has 0 radical (unpaired) electrons. The molecule has 23 heavy (non-hydrogen) atoms. The molecule has 1 saturated carbocycles. The summed E-state index contributed by atoms with van der Waals surface area (Å²) >= 11 is 0. The van der Waals surface area contributed by atoms with Gasteiger partial charge in [0.2, 0.25) is 0 Å². The predicted octanol–water partition coefficient (Wildman–Crippen LogP) is 3.60. The molecule has 1 unspecified atom stereocenters. The van der Waals surface area contributed by atoms with Crippen molar-refractivity contribution < 1.29 is 19.1 Å². The molecule has 2 rings (SSSR count). The highest BCUT2D eigenvalue weighted by molar-refractivity contribution is 6.07. The number of ether oxygens (including phenoxy) is 1. The van der Waals surface area contributed by atoms with Gasteiger partial charge in [-0.15, -0.1) is 0 Å². The van der Waals surface area contributed by atoms with Crippen LogP contribution in [0.5, 0.6) is 0 Å². The molecule has 1 fully saturated rings. The van der Waals surface area contributed by atoms with Crippen LogP contribution >= 0.6 is 0 Å². The average molecular weight is 314 g/mol. The normalized spacial score (nSPS) is 20.9. The molecule has 0 N–H and O–H groups in total. The first-order chi connectivity index (χ1) is 11.0. The highest BCUT2D eigenvalue weighted by atomic mass is 16.5. The maximum atomic E-state index is 12.1. The van der Waals surface area contributed by atoms with Gasteiger partial charge in [-0.2, -0.15) is 0 Å². The Morgan fingerprint density at radius 1 is 1.26 bits per heavy atom. The van der Waals surface area contributed by atoms with Gasteiger partial charge in [-0.3, -0.25) is 9.59 Å². The van der Waals surface area contributed by atoms with E-state index in [-0.39, 0.29) is 17.5 Å². The van der Waals surface area contributed by atoms with Crippen LogP contribution in [0.15, 0.2) is 30.3 Å². The van der Waals surface area contributed by atoms with E-state index in [1.165, 1.54) is 6.92 Å². The van der Waals surface area contributed by atoms with Gasteiger partial charge in [-0.1, -0.05) is 24.3 Å². The third-order valence-electron chi connectivity index (χ3n) is 4.41. The minimum absolute atomic E-state index is 0.0395. The van der Waals surface area contributed by atoms with Crippen LogP contribution in [0.4, 0.5) is 0 Å². The van der Waals surface area contributed by atoms with Crippen molar-refractivity contribution in [2.75, 3.05) is 6.61 Å². The molecule has 0 saturated heterocycles. The molecule has 0 amide bonds. The predicted molar refractivity (Wildman–Crippen MR) is 88.0 cm³/mol. The monoisotopic (exact) mass is 314 g/mol. The van der Waals surface area contributed by atoms with Crippen LogP contribution < -0.4 is 0 Å². The van der Waals surface area contributed by atoms with Gasteiger partial charge in [0.15, 0.2) is 0 Å². The van der Waals surface area contributed by atoms with Gasteiger partial charge in [0.05, 0.1) is 17.6 Å². The second-order valence-corrected chi connectivity index (χ2v) is 5.86. The van der Waals surface area contributed by atoms with Crippen LogP contribution in [-0.4, -0.2) is 24.1 Å². The first-order valence-electron chi connectivity index (χ1n) is 7.97. The highest BCUT2D eigenvalue weighted by Crippen LogP contribution is 2.39. The Kier molecular flexibility index (Phi) is 5.48. The maximum absolute atomic E-state index is 12.1. The van der Waals surface area contributed by atoms with Crippen LogP contribution in [0.3, 0.4) is 0 Å². The van der Waals surface area contributed by atoms with Crippen molar-refractivity contribution in [2.45, 2.75) is 39.5 Å². The summed E-state index contributed by atoms with van der Waals surface area (Å²) in [4.78, 5) is 35.5. The lowest BCUT2D eigenvalue weighted by Crippen LogP contribution is -2.32. The van der Waals surface area contributed by atoms with Crippen LogP contribution in [0.2, 0.25) is 0 Å². The lowest BCUT2D eigenvalue weighted by molar-refractivity contribution is -0.137. The van der Waals surface area contributed by atoms with E-state index in [0.29, 0.717) is 31.4 Å². The van der Waals surface area contributed by atoms with Crippen molar-refractivity contribution in [2.24, 2.45) is 5.41 Å². The summed E-state index contributed by atoms with van der Waals surface area (Å²) in [7, 11) is 0. The summed E-state index contributed by atoms with van der Waals surface area (Å²) in [5, 5.41) is 0. The van der Waals surface area contributed by atoms with Crippen LogP contribution in [0.25, 0.3) is 6.08 Å². The van der Waals surface area contributed by atoms with E-state index in [1.807, 2.05) is 24.3 Å². The third-order valence-corrected chi connectivity index (χ3v) is 4.41. The summed E-state index contributed by atoms with van der Waals surface area (Å²) in [5.41, 5.74) is 0.610. The fraction of sp³-hybridized carbons (Fsp3) is 0.421. The zero-order valence-corrected chi connectivity index (χ0v) is 13.6. The lowest BCUT2D eigenvalue weighted by atomic mass is 9.78. The van der Waals surface area contributed by atoms with E-state index in [0.717, 1.165) is 12.0 Å². The van der Waals surface area contributed by atoms with E-state index in [9.17, 15) is 14.4 Å². The Labute approximate surface area is 136 Å². The van der Waals surface area contributed by atoms with Crippen molar-refractivity contribution in [1.29, 1.82) is 0 Å². The van der Waals surface area contributed by atoms with Gasteiger partial charge in [0.1, 0.15) is 11.6 Å². The van der Waals surface area contributed by atoms with Gasteiger partial charge in [-0.25, -0.2) is 4.79 Å². The van der Waals surface area contributed by atoms with Crippen LogP contribution in [-0.2, 0) is 14.3 Å². The second-order valence-electron chi connectivity index (χ2n) is 5.86. The number of hydrogen-bond donors (Lipinski definition) is 0. The molecule has 4 nitrogen and oxygen atoms in total. The molecule has 1 aliphatic rings. The summed E-state index contributed by atoms with van der Waals surface area (Å²) in [6.45, 7) is 3.62. The summed E-state index contributed by atoms with van der Waals surface area (Å²) in [5.74, 6) is -0.315. The molecule has 1 aromatic carbocycles.